The Morgan fingerprint density at radius 2 is 1.96 bits per heavy atom. The molecule has 3 nitrogen and oxygen atoms in total. The Hall–Kier alpha value is -1.74. The Balaban J connectivity index is 1.72. The predicted octanol–water partition coefficient (Wildman–Crippen LogP) is 4.90. The number of methoxy groups -OCH3 is 1. The lowest BCUT2D eigenvalue weighted by Gasteiger charge is -2.35. The smallest absolute Gasteiger partial charge is 0.123 e. The molecule has 1 fully saturated rings. The van der Waals surface area contributed by atoms with E-state index in [0.29, 0.717) is 12.6 Å². The van der Waals surface area contributed by atoms with Gasteiger partial charge in [0.2, 0.25) is 0 Å². The van der Waals surface area contributed by atoms with Crippen LogP contribution in [0.15, 0.2) is 47.2 Å². The van der Waals surface area contributed by atoms with E-state index < -0.39 is 0 Å². The summed E-state index contributed by atoms with van der Waals surface area (Å²) >= 11 is 0. The molecular formula is C21H27NO2. The van der Waals surface area contributed by atoms with E-state index in [9.17, 15) is 0 Å². The fourth-order valence-corrected chi connectivity index (χ4v) is 4.02. The van der Waals surface area contributed by atoms with Crippen LogP contribution in [0.4, 0.5) is 5.69 Å². The molecule has 1 atom stereocenters. The van der Waals surface area contributed by atoms with Gasteiger partial charge in [-0.1, -0.05) is 12.5 Å². The minimum atomic E-state index is 0.633. The van der Waals surface area contributed by atoms with Crippen LogP contribution in [0.25, 0.3) is 0 Å². The van der Waals surface area contributed by atoms with Crippen LogP contribution in [0.3, 0.4) is 0 Å². The summed E-state index contributed by atoms with van der Waals surface area (Å²) in [6, 6.07) is 8.34. The average Bonchev–Trinajstić information content (AvgIpc) is 3.41. The number of anilines is 1. The zero-order valence-corrected chi connectivity index (χ0v) is 14.8. The van der Waals surface area contributed by atoms with Crippen molar-refractivity contribution >= 4 is 5.69 Å². The Bertz CT molecular complexity index is 655. The monoisotopic (exact) mass is 325 g/mol. The second-order valence-electron chi connectivity index (χ2n) is 7.28. The molecule has 2 aliphatic carbocycles. The quantitative estimate of drug-likeness (QED) is 0.789. The van der Waals surface area contributed by atoms with Crippen LogP contribution in [0, 0.1) is 11.8 Å². The third-order valence-electron chi connectivity index (χ3n) is 5.50. The van der Waals surface area contributed by atoms with E-state index >= 15 is 0 Å². The lowest BCUT2D eigenvalue weighted by molar-refractivity contribution is 0.132. The highest BCUT2D eigenvalue weighted by molar-refractivity contribution is 5.58. The van der Waals surface area contributed by atoms with Crippen molar-refractivity contribution in [1.82, 2.24) is 0 Å². The molecule has 4 rings (SSSR count). The van der Waals surface area contributed by atoms with Crippen LogP contribution < -0.4 is 9.64 Å². The first-order valence-electron chi connectivity index (χ1n) is 9.19. The fraction of sp³-hybridized carbons (Fsp3) is 0.524. The molecule has 0 saturated heterocycles. The van der Waals surface area contributed by atoms with Gasteiger partial charge in [0.25, 0.3) is 0 Å². The maximum absolute atomic E-state index is 5.92. The number of benzene rings is 1. The molecule has 1 aromatic rings. The second kappa shape index (κ2) is 6.64. The van der Waals surface area contributed by atoms with Crippen molar-refractivity contribution in [3.63, 3.8) is 0 Å². The van der Waals surface area contributed by atoms with Gasteiger partial charge in [0.1, 0.15) is 12.5 Å². The van der Waals surface area contributed by atoms with Crippen molar-refractivity contribution in [2.75, 3.05) is 25.3 Å². The SMILES string of the molecule is COc1ccc(N2COCCCC3=C2C=C(C2CC2)C(C)C3)cc1. The normalized spacial score (nSPS) is 24.8. The minimum Gasteiger partial charge on any atom is -0.497 e. The standard InChI is InChI=1S/C21H27NO2/c1-15-12-17-4-3-11-24-14-22(18-7-9-19(23-2)10-8-18)21(17)13-20(15)16-5-6-16/h7-10,13,15-16H,3-6,11-12,14H2,1-2H3. The molecule has 3 aliphatic rings. The van der Waals surface area contributed by atoms with Gasteiger partial charge in [-0.2, -0.15) is 0 Å². The molecule has 3 heteroatoms. The number of allylic oxidation sites excluding steroid dienone is 3. The molecule has 0 N–H and O–H groups in total. The highest BCUT2D eigenvalue weighted by atomic mass is 16.5. The van der Waals surface area contributed by atoms with E-state index in [1.165, 1.54) is 30.6 Å². The van der Waals surface area contributed by atoms with Crippen LogP contribution in [-0.2, 0) is 4.74 Å². The summed E-state index contributed by atoms with van der Waals surface area (Å²) in [5.41, 5.74) is 5.84. The number of hydrogen-bond acceptors (Lipinski definition) is 3. The zero-order chi connectivity index (χ0) is 16.5. The van der Waals surface area contributed by atoms with Gasteiger partial charge in [-0.25, -0.2) is 0 Å². The van der Waals surface area contributed by atoms with Crippen LogP contribution >= 0.6 is 0 Å². The highest BCUT2D eigenvalue weighted by Crippen LogP contribution is 2.46. The molecule has 1 aliphatic heterocycles. The van der Waals surface area contributed by atoms with Crippen LogP contribution in [0.5, 0.6) is 5.75 Å². The number of ether oxygens (including phenoxy) is 2. The van der Waals surface area contributed by atoms with Crippen molar-refractivity contribution < 1.29 is 9.47 Å². The van der Waals surface area contributed by atoms with Crippen molar-refractivity contribution in [2.24, 2.45) is 11.8 Å². The van der Waals surface area contributed by atoms with Crippen molar-refractivity contribution in [3.05, 3.63) is 47.2 Å². The molecular weight excluding hydrogens is 298 g/mol. The maximum atomic E-state index is 5.92. The minimum absolute atomic E-state index is 0.633. The van der Waals surface area contributed by atoms with Crippen molar-refractivity contribution in [1.29, 1.82) is 0 Å². The van der Waals surface area contributed by atoms with E-state index in [4.69, 9.17) is 9.47 Å². The Kier molecular flexibility index (Phi) is 4.36. The molecule has 0 spiro atoms. The van der Waals surface area contributed by atoms with E-state index in [1.807, 2.05) is 12.1 Å². The van der Waals surface area contributed by atoms with Gasteiger partial charge in [0, 0.05) is 18.0 Å². The summed E-state index contributed by atoms with van der Waals surface area (Å²) in [4.78, 5) is 2.35. The van der Waals surface area contributed by atoms with E-state index in [0.717, 1.165) is 31.1 Å². The molecule has 1 aromatic carbocycles. The molecule has 1 saturated carbocycles. The first-order chi connectivity index (χ1) is 11.8. The molecule has 0 aromatic heterocycles. The summed E-state index contributed by atoms with van der Waals surface area (Å²) in [6.45, 7) is 3.88. The van der Waals surface area contributed by atoms with Gasteiger partial charge in [0.15, 0.2) is 0 Å². The predicted molar refractivity (Wildman–Crippen MR) is 97.1 cm³/mol. The third kappa shape index (κ3) is 3.10. The number of nitrogens with zero attached hydrogens (tertiary/aromatic N) is 1. The molecule has 24 heavy (non-hydrogen) atoms. The van der Waals surface area contributed by atoms with E-state index in [1.54, 1.807) is 18.3 Å². The van der Waals surface area contributed by atoms with Gasteiger partial charge in [-0.05, 0) is 79.9 Å². The summed E-state index contributed by atoms with van der Waals surface area (Å²) in [5.74, 6) is 2.43. The average molecular weight is 325 g/mol. The number of hydrogen-bond donors (Lipinski definition) is 0. The molecule has 0 radical (unpaired) electrons. The molecule has 1 unspecified atom stereocenters. The summed E-state index contributed by atoms with van der Waals surface area (Å²) in [5, 5.41) is 0. The summed E-state index contributed by atoms with van der Waals surface area (Å²) in [7, 11) is 1.71. The maximum Gasteiger partial charge on any atom is 0.123 e. The Morgan fingerprint density at radius 1 is 1.17 bits per heavy atom. The summed E-state index contributed by atoms with van der Waals surface area (Å²) < 4.78 is 11.2. The van der Waals surface area contributed by atoms with Crippen LogP contribution in [-0.4, -0.2) is 20.4 Å². The Labute approximate surface area is 144 Å². The first-order valence-corrected chi connectivity index (χ1v) is 9.19. The Morgan fingerprint density at radius 3 is 2.67 bits per heavy atom. The largest absolute Gasteiger partial charge is 0.497 e. The van der Waals surface area contributed by atoms with Crippen LogP contribution in [0.1, 0.15) is 39.0 Å². The second-order valence-corrected chi connectivity index (χ2v) is 7.28. The molecule has 0 amide bonds. The topological polar surface area (TPSA) is 21.7 Å². The van der Waals surface area contributed by atoms with Gasteiger partial charge in [-0.15, -0.1) is 0 Å². The lowest BCUT2D eigenvalue weighted by atomic mass is 9.82. The molecule has 1 heterocycles. The highest BCUT2D eigenvalue weighted by Gasteiger charge is 2.33. The van der Waals surface area contributed by atoms with Gasteiger partial charge in [0.05, 0.1) is 7.11 Å². The fourth-order valence-electron chi connectivity index (χ4n) is 4.02. The molecule has 128 valence electrons. The molecule has 0 bridgehead atoms. The lowest BCUT2D eigenvalue weighted by Crippen LogP contribution is -2.30. The van der Waals surface area contributed by atoms with E-state index in [-0.39, 0.29) is 0 Å². The van der Waals surface area contributed by atoms with Crippen molar-refractivity contribution in [2.45, 2.75) is 39.0 Å². The van der Waals surface area contributed by atoms with Gasteiger partial charge >= 0.3 is 0 Å². The van der Waals surface area contributed by atoms with Crippen LogP contribution in [0.2, 0.25) is 0 Å². The van der Waals surface area contributed by atoms with Crippen molar-refractivity contribution in [3.8, 4) is 5.75 Å². The van der Waals surface area contributed by atoms with Gasteiger partial charge < -0.3 is 14.4 Å². The summed E-state index contributed by atoms with van der Waals surface area (Å²) in [6.07, 6.45) is 8.73. The van der Waals surface area contributed by atoms with E-state index in [2.05, 4.69) is 30.0 Å². The number of rotatable bonds is 3. The third-order valence-corrected chi connectivity index (χ3v) is 5.50. The first kappa shape index (κ1) is 15.8. The zero-order valence-electron chi connectivity index (χ0n) is 14.8. The van der Waals surface area contributed by atoms with Gasteiger partial charge in [-0.3, -0.25) is 0 Å².